The molecule has 218 valence electrons. The van der Waals surface area contributed by atoms with E-state index in [1.54, 1.807) is 54.6 Å². The summed E-state index contributed by atoms with van der Waals surface area (Å²) in [4.78, 5) is 38.4. The van der Waals surface area contributed by atoms with E-state index in [2.05, 4.69) is 15.8 Å². The van der Waals surface area contributed by atoms with Gasteiger partial charge in [-0.2, -0.15) is 5.10 Å². The number of amides is 2. The maximum atomic E-state index is 13.0. The molecule has 0 bridgehead atoms. The number of hydrogen-bond donors (Lipinski definition) is 2. The Bertz CT molecular complexity index is 1640. The van der Waals surface area contributed by atoms with E-state index >= 15 is 0 Å². The van der Waals surface area contributed by atoms with Gasteiger partial charge in [-0.05, 0) is 48.0 Å². The molecule has 2 amide bonds. The third-order valence-corrected chi connectivity index (χ3v) is 6.05. The average molecular weight is 580 g/mol. The first kappa shape index (κ1) is 30.1. The number of anilines is 1. The Balaban J connectivity index is 1.44. The monoisotopic (exact) mass is 579 g/mol. The molecule has 4 aromatic carbocycles. The summed E-state index contributed by atoms with van der Waals surface area (Å²) in [5, 5.41) is 6.75. The number of carbonyl (C=O) groups excluding carboxylic acids is 3. The zero-order valence-corrected chi connectivity index (χ0v) is 23.7. The molecule has 0 radical (unpaired) electrons. The lowest BCUT2D eigenvalue weighted by Crippen LogP contribution is -2.20. The summed E-state index contributed by atoms with van der Waals surface area (Å²) in [6.45, 7) is 0. The number of rotatable bonds is 11. The number of ether oxygens (including phenoxy) is 4. The van der Waals surface area contributed by atoms with E-state index in [1.165, 1.54) is 45.8 Å². The third kappa shape index (κ3) is 7.86. The number of esters is 1. The molecule has 0 saturated carbocycles. The molecule has 0 unspecified atom stereocenters. The van der Waals surface area contributed by atoms with Crippen LogP contribution in [0.2, 0.25) is 0 Å². The van der Waals surface area contributed by atoms with Crippen molar-refractivity contribution < 1.29 is 33.3 Å². The zero-order valence-electron chi connectivity index (χ0n) is 23.7. The van der Waals surface area contributed by atoms with Crippen molar-refractivity contribution in [1.29, 1.82) is 0 Å². The van der Waals surface area contributed by atoms with Gasteiger partial charge in [0, 0.05) is 11.6 Å². The molecule has 0 aromatic heterocycles. The van der Waals surface area contributed by atoms with Crippen molar-refractivity contribution in [1.82, 2.24) is 5.43 Å². The van der Waals surface area contributed by atoms with Gasteiger partial charge in [0.25, 0.3) is 5.91 Å². The van der Waals surface area contributed by atoms with Crippen LogP contribution in [0.1, 0.15) is 31.8 Å². The van der Waals surface area contributed by atoms with Crippen LogP contribution >= 0.6 is 0 Å². The number of hydrazone groups is 1. The van der Waals surface area contributed by atoms with Crippen LogP contribution in [-0.2, 0) is 4.79 Å². The van der Waals surface area contributed by atoms with Crippen molar-refractivity contribution in [3.63, 3.8) is 0 Å². The molecule has 4 rings (SSSR count). The van der Waals surface area contributed by atoms with Crippen LogP contribution in [0.15, 0.2) is 102 Å². The summed E-state index contributed by atoms with van der Waals surface area (Å²) in [6.07, 6.45) is 4.41. The minimum atomic E-state index is -0.671. The molecule has 0 atom stereocenters. The van der Waals surface area contributed by atoms with Crippen molar-refractivity contribution in [3.8, 4) is 23.0 Å². The summed E-state index contributed by atoms with van der Waals surface area (Å²) >= 11 is 0. The molecule has 2 N–H and O–H groups in total. The fourth-order valence-corrected chi connectivity index (χ4v) is 3.96. The molecule has 0 heterocycles. The van der Waals surface area contributed by atoms with Gasteiger partial charge in [0.05, 0.1) is 44.4 Å². The van der Waals surface area contributed by atoms with Crippen molar-refractivity contribution in [2.75, 3.05) is 26.6 Å². The van der Waals surface area contributed by atoms with E-state index in [9.17, 15) is 14.4 Å². The smallest absolute Gasteiger partial charge is 0.343 e. The lowest BCUT2D eigenvalue weighted by molar-refractivity contribution is -0.111. The Morgan fingerprint density at radius 3 is 2.09 bits per heavy atom. The summed E-state index contributed by atoms with van der Waals surface area (Å²) < 4.78 is 21.5. The summed E-state index contributed by atoms with van der Waals surface area (Å²) in [7, 11) is 4.36. The van der Waals surface area contributed by atoms with Gasteiger partial charge in [-0.3, -0.25) is 9.59 Å². The minimum absolute atomic E-state index is 0.173. The molecule has 0 fully saturated rings. The Kier molecular flexibility index (Phi) is 10.2. The fourth-order valence-electron chi connectivity index (χ4n) is 3.96. The lowest BCUT2D eigenvalue weighted by atomic mass is 10.1. The van der Waals surface area contributed by atoms with Crippen LogP contribution < -0.4 is 29.7 Å². The molecule has 0 spiro atoms. The molecule has 43 heavy (non-hydrogen) atoms. The highest BCUT2D eigenvalue weighted by Gasteiger charge is 2.19. The number of hydrogen-bond acceptors (Lipinski definition) is 8. The number of para-hydroxylation sites is 2. The Hall–Kier alpha value is -5.90. The van der Waals surface area contributed by atoms with Gasteiger partial charge in [0.2, 0.25) is 11.7 Å². The van der Waals surface area contributed by atoms with E-state index in [-0.39, 0.29) is 16.9 Å². The maximum Gasteiger partial charge on any atom is 0.343 e. The second kappa shape index (κ2) is 14.6. The van der Waals surface area contributed by atoms with E-state index in [0.717, 1.165) is 5.56 Å². The predicted molar refractivity (Wildman–Crippen MR) is 163 cm³/mol. The van der Waals surface area contributed by atoms with Crippen molar-refractivity contribution >= 4 is 35.8 Å². The van der Waals surface area contributed by atoms with Gasteiger partial charge in [-0.15, -0.1) is 0 Å². The van der Waals surface area contributed by atoms with Crippen LogP contribution in [0.4, 0.5) is 5.69 Å². The van der Waals surface area contributed by atoms with E-state index in [1.807, 2.05) is 30.3 Å². The zero-order chi connectivity index (χ0) is 30.6. The molecule has 0 aliphatic rings. The molecule has 0 aliphatic heterocycles. The van der Waals surface area contributed by atoms with Crippen LogP contribution in [-0.4, -0.2) is 45.3 Å². The predicted octanol–water partition coefficient (Wildman–Crippen LogP) is 5.35. The lowest BCUT2D eigenvalue weighted by Gasteiger charge is -2.14. The highest BCUT2D eigenvalue weighted by atomic mass is 16.5. The normalized spacial score (nSPS) is 10.8. The molecule has 10 nitrogen and oxygen atoms in total. The molecule has 0 aliphatic carbocycles. The summed E-state index contributed by atoms with van der Waals surface area (Å²) in [5.74, 6) is -0.464. The average Bonchev–Trinajstić information content (AvgIpc) is 3.04. The second-order valence-corrected chi connectivity index (χ2v) is 8.82. The van der Waals surface area contributed by atoms with Crippen LogP contribution in [0, 0.1) is 0 Å². The fraction of sp³-hybridized carbons (Fsp3) is 0.0909. The van der Waals surface area contributed by atoms with Gasteiger partial charge in [-0.1, -0.05) is 54.6 Å². The standard InChI is InChI=1S/C33H29N3O7/c1-40-28-19-24(20-29(41-2)31(28)42-3)33(39)43-27-16-10-7-13-23(27)21-34-36-32(38)25-14-8-9-15-26(25)35-30(37)18-17-22-11-5-4-6-12-22/h4-21H,1-3H3,(H,35,37)(H,36,38)/b18-17+,34-21-. The minimum Gasteiger partial charge on any atom is -0.493 e. The topological polar surface area (TPSA) is 125 Å². The van der Waals surface area contributed by atoms with Crippen molar-refractivity contribution in [3.05, 3.63) is 119 Å². The van der Waals surface area contributed by atoms with Crippen LogP contribution in [0.5, 0.6) is 23.0 Å². The summed E-state index contributed by atoms with van der Waals surface area (Å²) in [5.41, 5.74) is 4.44. The largest absolute Gasteiger partial charge is 0.493 e. The van der Waals surface area contributed by atoms with Crippen molar-refractivity contribution in [2.45, 2.75) is 0 Å². The van der Waals surface area contributed by atoms with Crippen LogP contribution in [0.3, 0.4) is 0 Å². The SMILES string of the molecule is COc1cc(C(=O)Oc2ccccc2/C=N\NC(=O)c2ccccc2NC(=O)/C=C/c2ccccc2)cc(OC)c1OC. The van der Waals surface area contributed by atoms with Gasteiger partial charge < -0.3 is 24.3 Å². The van der Waals surface area contributed by atoms with E-state index < -0.39 is 17.8 Å². The number of carbonyl (C=O) groups is 3. The quantitative estimate of drug-likeness (QED) is 0.0807. The van der Waals surface area contributed by atoms with E-state index in [0.29, 0.717) is 28.5 Å². The first-order valence-electron chi connectivity index (χ1n) is 13.0. The van der Waals surface area contributed by atoms with Gasteiger partial charge in [0.15, 0.2) is 11.5 Å². The molecule has 10 heteroatoms. The van der Waals surface area contributed by atoms with E-state index in [4.69, 9.17) is 18.9 Å². The van der Waals surface area contributed by atoms with Gasteiger partial charge in [0.1, 0.15) is 5.75 Å². The number of nitrogens with one attached hydrogen (secondary N) is 2. The molecule has 0 saturated heterocycles. The molecular formula is C33H29N3O7. The highest BCUT2D eigenvalue weighted by molar-refractivity contribution is 6.07. The Morgan fingerprint density at radius 1 is 0.744 bits per heavy atom. The second-order valence-electron chi connectivity index (χ2n) is 8.82. The van der Waals surface area contributed by atoms with Gasteiger partial charge in [-0.25, -0.2) is 10.2 Å². The third-order valence-electron chi connectivity index (χ3n) is 6.05. The first-order chi connectivity index (χ1) is 20.9. The number of methoxy groups -OCH3 is 3. The van der Waals surface area contributed by atoms with Crippen molar-refractivity contribution in [2.24, 2.45) is 5.10 Å². The highest BCUT2D eigenvalue weighted by Crippen LogP contribution is 2.38. The number of benzene rings is 4. The maximum absolute atomic E-state index is 13.0. The van der Waals surface area contributed by atoms with Gasteiger partial charge >= 0.3 is 5.97 Å². The molecule has 4 aromatic rings. The number of nitrogens with zero attached hydrogens (tertiary/aromatic N) is 1. The van der Waals surface area contributed by atoms with Crippen LogP contribution in [0.25, 0.3) is 6.08 Å². The first-order valence-corrected chi connectivity index (χ1v) is 13.0. The molecular weight excluding hydrogens is 550 g/mol. The summed E-state index contributed by atoms with van der Waals surface area (Å²) in [6, 6.07) is 25.6. The Labute approximate surface area is 248 Å². The Morgan fingerprint density at radius 2 is 1.40 bits per heavy atom.